The van der Waals surface area contributed by atoms with Gasteiger partial charge in [-0.15, -0.1) is 6.58 Å². The highest BCUT2D eigenvalue weighted by atomic mass is 16.3. The Morgan fingerprint density at radius 2 is 2.23 bits per heavy atom. The van der Waals surface area contributed by atoms with E-state index in [1.165, 1.54) is 5.56 Å². The van der Waals surface area contributed by atoms with Crippen LogP contribution in [0.2, 0.25) is 0 Å². The Kier molecular flexibility index (Phi) is 2.19. The van der Waals surface area contributed by atoms with Crippen molar-refractivity contribution >= 4 is 0 Å². The van der Waals surface area contributed by atoms with Crippen LogP contribution in [0.15, 0.2) is 36.9 Å². The lowest BCUT2D eigenvalue weighted by atomic mass is 10.00. The van der Waals surface area contributed by atoms with Crippen molar-refractivity contribution in [3.05, 3.63) is 48.0 Å². The summed E-state index contributed by atoms with van der Waals surface area (Å²) in [6.07, 6.45) is 3.49. The topological polar surface area (TPSA) is 20.2 Å². The van der Waals surface area contributed by atoms with Gasteiger partial charge in [0.15, 0.2) is 0 Å². The highest BCUT2D eigenvalue weighted by Gasteiger charge is 2.28. The Labute approximate surface area is 78.7 Å². The number of hydrogen-bond donors (Lipinski definition) is 1. The van der Waals surface area contributed by atoms with Crippen LogP contribution in [0.25, 0.3) is 0 Å². The van der Waals surface area contributed by atoms with Crippen LogP contribution in [0.1, 0.15) is 23.7 Å². The van der Waals surface area contributed by atoms with Gasteiger partial charge in [0.25, 0.3) is 0 Å². The second-order valence-corrected chi connectivity index (χ2v) is 3.63. The van der Waals surface area contributed by atoms with Crippen molar-refractivity contribution in [2.24, 2.45) is 5.92 Å². The van der Waals surface area contributed by atoms with Crippen molar-refractivity contribution in [1.29, 1.82) is 0 Å². The van der Waals surface area contributed by atoms with E-state index in [1.54, 1.807) is 0 Å². The zero-order valence-corrected chi connectivity index (χ0v) is 7.61. The third-order valence-electron chi connectivity index (χ3n) is 2.77. The minimum atomic E-state index is -0.283. The maximum Gasteiger partial charge on any atom is 0.0827 e. The number of aliphatic hydroxyl groups is 1. The lowest BCUT2D eigenvalue weighted by Gasteiger charge is -2.11. The lowest BCUT2D eigenvalue weighted by Crippen LogP contribution is -2.05. The van der Waals surface area contributed by atoms with Crippen LogP contribution < -0.4 is 0 Å². The average Bonchev–Trinajstić information content (AvgIpc) is 2.46. The summed E-state index contributed by atoms with van der Waals surface area (Å²) in [7, 11) is 0. The van der Waals surface area contributed by atoms with Crippen LogP contribution >= 0.6 is 0 Å². The predicted octanol–water partition coefficient (Wildman–Crippen LogP) is 2.47. The Morgan fingerprint density at radius 3 is 2.92 bits per heavy atom. The standard InChI is InChI=1S/C12H14O/c1-2-5-10-8-9-6-3-4-7-11(9)12(10)13/h2-4,6-7,10,12-13H,1,5,8H2. The fourth-order valence-corrected chi connectivity index (χ4v) is 2.08. The molecule has 68 valence electrons. The molecule has 0 aliphatic heterocycles. The molecular weight excluding hydrogens is 160 g/mol. The van der Waals surface area contributed by atoms with Gasteiger partial charge in [-0.25, -0.2) is 0 Å². The Balaban J connectivity index is 2.27. The second-order valence-electron chi connectivity index (χ2n) is 3.63. The van der Waals surface area contributed by atoms with Gasteiger partial charge in [-0.1, -0.05) is 30.3 Å². The summed E-state index contributed by atoms with van der Waals surface area (Å²) in [6, 6.07) is 8.13. The molecule has 1 aromatic carbocycles. The molecule has 0 radical (unpaired) electrons. The van der Waals surface area contributed by atoms with Gasteiger partial charge in [0, 0.05) is 0 Å². The van der Waals surface area contributed by atoms with E-state index in [1.807, 2.05) is 24.3 Å². The van der Waals surface area contributed by atoms with E-state index in [0.29, 0.717) is 5.92 Å². The molecule has 2 unspecified atom stereocenters. The molecule has 0 heterocycles. The van der Waals surface area contributed by atoms with Gasteiger partial charge in [0.1, 0.15) is 0 Å². The van der Waals surface area contributed by atoms with Gasteiger partial charge < -0.3 is 5.11 Å². The zero-order chi connectivity index (χ0) is 9.26. The van der Waals surface area contributed by atoms with Crippen molar-refractivity contribution in [1.82, 2.24) is 0 Å². The van der Waals surface area contributed by atoms with Crippen LogP contribution in [-0.2, 0) is 6.42 Å². The molecule has 0 spiro atoms. The molecule has 1 aromatic rings. The summed E-state index contributed by atoms with van der Waals surface area (Å²) < 4.78 is 0. The molecule has 1 N–H and O–H groups in total. The summed E-state index contributed by atoms with van der Waals surface area (Å²) in [5, 5.41) is 9.92. The minimum absolute atomic E-state index is 0.283. The van der Waals surface area contributed by atoms with E-state index in [9.17, 15) is 5.11 Å². The largest absolute Gasteiger partial charge is 0.388 e. The van der Waals surface area contributed by atoms with Crippen LogP contribution in [0.3, 0.4) is 0 Å². The average molecular weight is 174 g/mol. The fourth-order valence-electron chi connectivity index (χ4n) is 2.08. The molecule has 0 aromatic heterocycles. The normalized spacial score (nSPS) is 25.6. The third kappa shape index (κ3) is 1.40. The van der Waals surface area contributed by atoms with Gasteiger partial charge in [-0.05, 0) is 29.9 Å². The van der Waals surface area contributed by atoms with Gasteiger partial charge in [-0.3, -0.25) is 0 Å². The highest BCUT2D eigenvalue weighted by molar-refractivity contribution is 5.34. The maximum atomic E-state index is 9.92. The summed E-state index contributed by atoms with van der Waals surface area (Å²) in [6.45, 7) is 3.71. The minimum Gasteiger partial charge on any atom is -0.388 e. The van der Waals surface area contributed by atoms with Gasteiger partial charge >= 0.3 is 0 Å². The van der Waals surface area contributed by atoms with E-state index >= 15 is 0 Å². The summed E-state index contributed by atoms with van der Waals surface area (Å²) in [5.74, 6) is 0.342. The maximum absolute atomic E-state index is 9.92. The Bertz CT molecular complexity index is 317. The number of rotatable bonds is 2. The quantitative estimate of drug-likeness (QED) is 0.683. The molecule has 1 aliphatic rings. The first-order chi connectivity index (χ1) is 6.33. The molecular formula is C12H14O. The fraction of sp³-hybridized carbons (Fsp3) is 0.333. The van der Waals surface area contributed by atoms with E-state index in [4.69, 9.17) is 0 Å². The van der Waals surface area contributed by atoms with Gasteiger partial charge in [-0.2, -0.15) is 0 Å². The molecule has 2 atom stereocenters. The molecule has 0 bridgehead atoms. The van der Waals surface area contributed by atoms with E-state index < -0.39 is 0 Å². The van der Waals surface area contributed by atoms with Crippen LogP contribution in [-0.4, -0.2) is 5.11 Å². The van der Waals surface area contributed by atoms with E-state index in [0.717, 1.165) is 18.4 Å². The smallest absolute Gasteiger partial charge is 0.0827 e. The van der Waals surface area contributed by atoms with Crippen LogP contribution in [0, 0.1) is 5.92 Å². The number of aliphatic hydroxyl groups excluding tert-OH is 1. The number of hydrogen-bond acceptors (Lipinski definition) is 1. The lowest BCUT2D eigenvalue weighted by molar-refractivity contribution is 0.125. The van der Waals surface area contributed by atoms with E-state index in [2.05, 4.69) is 12.6 Å². The Morgan fingerprint density at radius 1 is 1.46 bits per heavy atom. The van der Waals surface area contributed by atoms with Crippen molar-refractivity contribution in [3.8, 4) is 0 Å². The third-order valence-corrected chi connectivity index (χ3v) is 2.77. The molecule has 0 saturated carbocycles. The van der Waals surface area contributed by atoms with Crippen molar-refractivity contribution in [3.63, 3.8) is 0 Å². The number of allylic oxidation sites excluding steroid dienone is 1. The molecule has 2 rings (SSSR count). The van der Waals surface area contributed by atoms with Gasteiger partial charge in [0.05, 0.1) is 6.10 Å². The molecule has 0 amide bonds. The number of fused-ring (bicyclic) bond motifs is 1. The molecule has 1 nitrogen and oxygen atoms in total. The first kappa shape index (κ1) is 8.52. The first-order valence-corrected chi connectivity index (χ1v) is 4.69. The predicted molar refractivity (Wildman–Crippen MR) is 53.4 cm³/mol. The summed E-state index contributed by atoms with van der Waals surface area (Å²) in [4.78, 5) is 0. The van der Waals surface area contributed by atoms with Crippen molar-refractivity contribution < 1.29 is 5.11 Å². The van der Waals surface area contributed by atoms with E-state index in [-0.39, 0.29) is 6.10 Å². The monoisotopic (exact) mass is 174 g/mol. The summed E-state index contributed by atoms with van der Waals surface area (Å²) >= 11 is 0. The molecule has 1 aliphatic carbocycles. The number of benzene rings is 1. The molecule has 0 saturated heterocycles. The Hall–Kier alpha value is -1.08. The molecule has 0 fully saturated rings. The summed E-state index contributed by atoms with van der Waals surface area (Å²) in [5.41, 5.74) is 2.40. The van der Waals surface area contributed by atoms with Crippen LogP contribution in [0.4, 0.5) is 0 Å². The second kappa shape index (κ2) is 3.35. The van der Waals surface area contributed by atoms with Gasteiger partial charge in [0.2, 0.25) is 0 Å². The first-order valence-electron chi connectivity index (χ1n) is 4.69. The molecule has 1 heteroatoms. The van der Waals surface area contributed by atoms with Crippen LogP contribution in [0.5, 0.6) is 0 Å². The SMILES string of the molecule is C=CCC1Cc2ccccc2C1O. The molecule has 13 heavy (non-hydrogen) atoms. The van der Waals surface area contributed by atoms with Crippen molar-refractivity contribution in [2.45, 2.75) is 18.9 Å². The zero-order valence-electron chi connectivity index (χ0n) is 7.61. The highest BCUT2D eigenvalue weighted by Crippen LogP contribution is 2.37. The van der Waals surface area contributed by atoms with Crippen molar-refractivity contribution in [2.75, 3.05) is 0 Å².